The first kappa shape index (κ1) is 51.6. The fourth-order valence-corrected chi connectivity index (χ4v) is 6.78. The highest BCUT2D eigenvalue weighted by atomic mass is 16.8. The minimum Gasteiger partial charge on any atom is -0.497 e. The van der Waals surface area contributed by atoms with E-state index in [0.29, 0.717) is 24.7 Å². The van der Waals surface area contributed by atoms with E-state index in [0.717, 1.165) is 75.7 Å². The Bertz CT molecular complexity index is 761. The Hall–Kier alpha value is -1.44. The molecule has 0 bridgehead atoms. The van der Waals surface area contributed by atoms with Crippen LogP contribution >= 0.6 is 0 Å². The van der Waals surface area contributed by atoms with Crippen molar-refractivity contribution >= 4 is 0 Å². The standard InChI is InChI=1S/C46H90O7/c1-9-13-17-21-25-27-29-33-37-41(47-5)43(49-7)45(51-39-35-31-23-19-15-11-3)53-46(52-40-36-32-24-20-16-12-4)44(50-8)42(48-6)38-34-30-28-26-22-18-14-10-2/h45-46H,9-40H2,1-8H3. The molecule has 0 aliphatic heterocycles. The van der Waals surface area contributed by atoms with E-state index < -0.39 is 12.6 Å². The van der Waals surface area contributed by atoms with Crippen LogP contribution in [0, 0.1) is 0 Å². The third-order valence-corrected chi connectivity index (χ3v) is 10.2. The van der Waals surface area contributed by atoms with Crippen LogP contribution in [0.5, 0.6) is 0 Å². The van der Waals surface area contributed by atoms with Crippen LogP contribution in [-0.4, -0.2) is 54.2 Å². The van der Waals surface area contributed by atoms with Gasteiger partial charge in [0.05, 0.1) is 41.7 Å². The lowest BCUT2D eigenvalue weighted by molar-refractivity contribution is -0.240. The van der Waals surface area contributed by atoms with E-state index in [4.69, 9.17) is 33.2 Å². The predicted molar refractivity (Wildman–Crippen MR) is 224 cm³/mol. The average molecular weight is 755 g/mol. The summed E-state index contributed by atoms with van der Waals surface area (Å²) in [4.78, 5) is 0. The van der Waals surface area contributed by atoms with Crippen molar-refractivity contribution in [3.05, 3.63) is 23.0 Å². The lowest BCUT2D eigenvalue weighted by Crippen LogP contribution is -2.33. The minimum absolute atomic E-state index is 0.559. The first-order chi connectivity index (χ1) is 26.1. The van der Waals surface area contributed by atoms with E-state index in [1.807, 2.05) is 0 Å². The minimum atomic E-state index is -0.805. The van der Waals surface area contributed by atoms with Gasteiger partial charge in [-0.05, 0) is 25.7 Å². The van der Waals surface area contributed by atoms with E-state index in [1.54, 1.807) is 28.4 Å². The molecule has 0 rings (SSSR count). The number of rotatable bonds is 42. The second-order valence-electron chi connectivity index (χ2n) is 14.9. The largest absolute Gasteiger partial charge is 0.497 e. The van der Waals surface area contributed by atoms with Gasteiger partial charge in [0.1, 0.15) is 11.5 Å². The molecule has 0 saturated carbocycles. The summed E-state index contributed by atoms with van der Waals surface area (Å²) in [5.74, 6) is 2.70. The van der Waals surface area contributed by atoms with Crippen LogP contribution in [0.15, 0.2) is 23.0 Å². The van der Waals surface area contributed by atoms with Gasteiger partial charge in [0, 0.05) is 12.8 Å². The third-order valence-electron chi connectivity index (χ3n) is 10.2. The van der Waals surface area contributed by atoms with Gasteiger partial charge in [-0.3, -0.25) is 0 Å². The maximum absolute atomic E-state index is 6.81. The monoisotopic (exact) mass is 755 g/mol. The molecule has 2 atom stereocenters. The van der Waals surface area contributed by atoms with Crippen LogP contribution < -0.4 is 0 Å². The van der Waals surface area contributed by atoms with Crippen molar-refractivity contribution in [3.63, 3.8) is 0 Å². The second-order valence-corrected chi connectivity index (χ2v) is 14.9. The summed E-state index contributed by atoms with van der Waals surface area (Å²) in [6.45, 7) is 10.2. The first-order valence-electron chi connectivity index (χ1n) is 22.6. The highest BCUT2D eigenvalue weighted by Crippen LogP contribution is 2.28. The molecule has 0 aliphatic carbocycles. The van der Waals surface area contributed by atoms with Crippen LogP contribution in [0.4, 0.5) is 0 Å². The van der Waals surface area contributed by atoms with Gasteiger partial charge in [-0.1, -0.05) is 182 Å². The zero-order valence-corrected chi connectivity index (χ0v) is 36.6. The Morgan fingerprint density at radius 3 is 0.849 bits per heavy atom. The topological polar surface area (TPSA) is 64.6 Å². The van der Waals surface area contributed by atoms with E-state index in [-0.39, 0.29) is 0 Å². The van der Waals surface area contributed by atoms with Crippen LogP contribution in [0.25, 0.3) is 0 Å². The number of hydrogen-bond donors (Lipinski definition) is 0. The third kappa shape index (κ3) is 28.6. The summed E-state index contributed by atoms with van der Waals surface area (Å²) in [7, 11) is 6.83. The molecule has 7 nitrogen and oxygen atoms in total. The quantitative estimate of drug-likeness (QED) is 0.0349. The van der Waals surface area contributed by atoms with Gasteiger partial charge in [-0.25, -0.2) is 0 Å². The zero-order chi connectivity index (χ0) is 39.0. The predicted octanol–water partition coefficient (Wildman–Crippen LogP) is 14.5. The molecule has 0 heterocycles. The molecule has 53 heavy (non-hydrogen) atoms. The van der Waals surface area contributed by atoms with E-state index in [2.05, 4.69) is 27.7 Å². The van der Waals surface area contributed by atoms with Gasteiger partial charge in [0.15, 0.2) is 11.5 Å². The lowest BCUT2D eigenvalue weighted by Gasteiger charge is -2.29. The van der Waals surface area contributed by atoms with E-state index in [9.17, 15) is 0 Å². The Morgan fingerprint density at radius 1 is 0.321 bits per heavy atom. The number of hydrogen-bond acceptors (Lipinski definition) is 7. The van der Waals surface area contributed by atoms with Crippen molar-refractivity contribution < 1.29 is 33.2 Å². The van der Waals surface area contributed by atoms with Gasteiger partial charge >= 0.3 is 0 Å². The van der Waals surface area contributed by atoms with E-state index in [1.165, 1.54) is 128 Å². The molecule has 7 heteroatoms. The maximum Gasteiger partial charge on any atom is 0.223 e. The molecule has 0 saturated heterocycles. The Morgan fingerprint density at radius 2 is 0.585 bits per heavy atom. The Labute approximate surface area is 330 Å². The van der Waals surface area contributed by atoms with Gasteiger partial charge in [-0.15, -0.1) is 0 Å². The molecule has 0 amide bonds. The fraction of sp³-hybridized carbons (Fsp3) is 0.913. The molecule has 0 N–H and O–H groups in total. The van der Waals surface area contributed by atoms with Crippen LogP contribution in [-0.2, 0) is 33.2 Å². The Balaban J connectivity index is 6.10. The lowest BCUT2D eigenvalue weighted by atomic mass is 10.1. The van der Waals surface area contributed by atoms with Crippen LogP contribution in [0.1, 0.15) is 220 Å². The summed E-state index contributed by atoms with van der Waals surface area (Å²) in [5.41, 5.74) is 0. The highest BCUT2D eigenvalue weighted by Gasteiger charge is 2.31. The molecule has 2 unspecified atom stereocenters. The van der Waals surface area contributed by atoms with Gasteiger partial charge in [0.2, 0.25) is 12.6 Å². The SMILES string of the molecule is CCCCCCCCCCC(OC)=C(OC)C(OCCCCCCCC)OC(OCCCCCCCC)C(OC)=C(CCCCCCCCCC)OC. The molecular weight excluding hydrogens is 664 g/mol. The van der Waals surface area contributed by atoms with Crippen molar-refractivity contribution in [3.8, 4) is 0 Å². The smallest absolute Gasteiger partial charge is 0.223 e. The van der Waals surface area contributed by atoms with Crippen molar-refractivity contribution in [2.24, 2.45) is 0 Å². The number of allylic oxidation sites excluding steroid dienone is 2. The second kappa shape index (κ2) is 40.2. The van der Waals surface area contributed by atoms with Crippen molar-refractivity contribution in [1.29, 1.82) is 0 Å². The molecule has 0 aromatic heterocycles. The molecule has 0 aromatic carbocycles. The summed E-state index contributed by atoms with van der Waals surface area (Å²) in [6, 6.07) is 0. The average Bonchev–Trinajstić information content (AvgIpc) is 3.17. The van der Waals surface area contributed by atoms with Crippen molar-refractivity contribution in [1.82, 2.24) is 0 Å². The molecule has 0 radical (unpaired) electrons. The highest BCUT2D eigenvalue weighted by molar-refractivity contribution is 5.08. The molecule has 0 spiro atoms. The maximum atomic E-state index is 6.81. The fourth-order valence-electron chi connectivity index (χ4n) is 6.78. The van der Waals surface area contributed by atoms with E-state index >= 15 is 0 Å². The van der Waals surface area contributed by atoms with Gasteiger partial charge in [0.25, 0.3) is 0 Å². The summed E-state index contributed by atoms with van der Waals surface area (Å²) < 4.78 is 44.0. The first-order valence-corrected chi connectivity index (χ1v) is 22.6. The molecular formula is C46H90O7. The normalized spacial score (nSPS) is 13.7. The van der Waals surface area contributed by atoms with Crippen molar-refractivity contribution in [2.45, 2.75) is 233 Å². The van der Waals surface area contributed by atoms with Gasteiger partial charge < -0.3 is 33.2 Å². The van der Waals surface area contributed by atoms with Gasteiger partial charge in [-0.2, -0.15) is 0 Å². The summed E-state index contributed by atoms with van der Waals surface area (Å²) in [5, 5.41) is 0. The molecule has 316 valence electrons. The molecule has 0 fully saturated rings. The zero-order valence-electron chi connectivity index (χ0n) is 36.6. The molecule has 0 aliphatic rings. The summed E-state index contributed by atoms with van der Waals surface area (Å²) in [6.07, 6.45) is 34.1. The van der Waals surface area contributed by atoms with Crippen LogP contribution in [0.3, 0.4) is 0 Å². The summed E-state index contributed by atoms with van der Waals surface area (Å²) >= 11 is 0. The van der Waals surface area contributed by atoms with Crippen molar-refractivity contribution in [2.75, 3.05) is 41.7 Å². The Kier molecular flexibility index (Phi) is 39.1. The molecule has 0 aromatic rings. The number of ether oxygens (including phenoxy) is 7. The van der Waals surface area contributed by atoms with Crippen LogP contribution in [0.2, 0.25) is 0 Å². The number of unbranched alkanes of at least 4 members (excludes halogenated alkanes) is 24. The number of methoxy groups -OCH3 is 4.